The number of amides is 1. The number of hydrogen-bond acceptors (Lipinski definition) is 3. The van der Waals surface area contributed by atoms with Gasteiger partial charge in [-0.25, -0.2) is 0 Å². The molecule has 0 aliphatic rings. The first-order chi connectivity index (χ1) is 7.51. The number of aliphatic carboxylic acids is 1. The summed E-state index contributed by atoms with van der Waals surface area (Å²) >= 11 is 1.45. The first-order valence-corrected chi connectivity index (χ1v) is 6.54. The molecule has 0 fully saturated rings. The van der Waals surface area contributed by atoms with Gasteiger partial charge in [-0.15, -0.1) is 11.8 Å². The van der Waals surface area contributed by atoms with Crippen LogP contribution in [0.5, 0.6) is 0 Å². The molecule has 0 aromatic heterocycles. The highest BCUT2D eigenvalue weighted by Crippen LogP contribution is 2.24. The van der Waals surface area contributed by atoms with E-state index in [1.807, 2.05) is 6.92 Å². The molecule has 2 N–H and O–H groups in total. The van der Waals surface area contributed by atoms with Gasteiger partial charge in [-0.05, 0) is 6.42 Å². The predicted molar refractivity (Wildman–Crippen MR) is 66.7 cm³/mol. The minimum absolute atomic E-state index is 0.110. The van der Waals surface area contributed by atoms with Crippen molar-refractivity contribution in [1.29, 1.82) is 0 Å². The molecule has 0 heterocycles. The maximum absolute atomic E-state index is 11.5. The summed E-state index contributed by atoms with van der Waals surface area (Å²) in [5.41, 5.74) is 0. The van der Waals surface area contributed by atoms with Gasteiger partial charge in [-0.2, -0.15) is 0 Å². The van der Waals surface area contributed by atoms with Crippen molar-refractivity contribution in [1.82, 2.24) is 5.32 Å². The molecule has 0 saturated heterocycles. The molecule has 1 amide bonds. The van der Waals surface area contributed by atoms with E-state index in [0.29, 0.717) is 5.25 Å². The topological polar surface area (TPSA) is 66.4 Å². The van der Waals surface area contributed by atoms with E-state index in [2.05, 4.69) is 12.2 Å². The van der Waals surface area contributed by atoms with Crippen molar-refractivity contribution in [3.05, 3.63) is 0 Å². The van der Waals surface area contributed by atoms with Crippen molar-refractivity contribution < 1.29 is 14.7 Å². The number of rotatable bonds is 8. The van der Waals surface area contributed by atoms with Crippen LogP contribution in [0.25, 0.3) is 0 Å². The van der Waals surface area contributed by atoms with Crippen LogP contribution < -0.4 is 5.32 Å². The number of carboxylic acid groups (broad SMARTS) is 1. The van der Waals surface area contributed by atoms with Crippen LogP contribution in [0.1, 0.15) is 39.5 Å². The number of nitrogens with one attached hydrogen (secondary N) is 1. The monoisotopic (exact) mass is 247 g/mol. The van der Waals surface area contributed by atoms with Gasteiger partial charge in [0.25, 0.3) is 0 Å². The molecule has 0 saturated carbocycles. The second-order valence-corrected chi connectivity index (χ2v) is 5.44. The fraction of sp³-hybridized carbons (Fsp3) is 0.818. The maximum atomic E-state index is 11.5. The summed E-state index contributed by atoms with van der Waals surface area (Å²) in [7, 11) is 1.54. The quantitative estimate of drug-likeness (QED) is 0.687. The van der Waals surface area contributed by atoms with Crippen molar-refractivity contribution in [2.45, 2.75) is 50.0 Å². The lowest BCUT2D eigenvalue weighted by Crippen LogP contribution is -2.32. The van der Waals surface area contributed by atoms with E-state index in [4.69, 9.17) is 5.11 Å². The Bertz CT molecular complexity index is 233. The van der Waals surface area contributed by atoms with Gasteiger partial charge in [0.15, 0.2) is 0 Å². The first kappa shape index (κ1) is 15.3. The number of carbonyl (C=O) groups is 2. The Morgan fingerprint density at radius 2 is 2.06 bits per heavy atom. The summed E-state index contributed by atoms with van der Waals surface area (Å²) in [4.78, 5) is 22.1. The van der Waals surface area contributed by atoms with Crippen LogP contribution in [0.4, 0.5) is 0 Å². The Morgan fingerprint density at radius 1 is 1.44 bits per heavy atom. The van der Waals surface area contributed by atoms with E-state index < -0.39 is 11.2 Å². The summed E-state index contributed by atoms with van der Waals surface area (Å²) < 4.78 is 0. The number of unbranched alkanes of at least 4 members (excludes halogenated alkanes) is 1. The summed E-state index contributed by atoms with van der Waals surface area (Å²) in [6, 6.07) is 0. The third-order valence-corrected chi connectivity index (χ3v) is 3.67. The van der Waals surface area contributed by atoms with Crippen LogP contribution in [-0.4, -0.2) is 34.5 Å². The molecule has 4 nitrogen and oxygen atoms in total. The van der Waals surface area contributed by atoms with Gasteiger partial charge in [0, 0.05) is 12.3 Å². The molecule has 0 bridgehead atoms. The fourth-order valence-corrected chi connectivity index (χ4v) is 2.71. The molecule has 5 heteroatoms. The highest BCUT2D eigenvalue weighted by molar-refractivity contribution is 8.01. The summed E-state index contributed by atoms with van der Waals surface area (Å²) in [5, 5.41) is 11.1. The third-order valence-electron chi connectivity index (χ3n) is 2.26. The Morgan fingerprint density at radius 3 is 2.50 bits per heavy atom. The molecular formula is C11H21NO3S. The molecule has 0 aliphatic carbocycles. The minimum atomic E-state index is -0.927. The number of thioether (sulfide) groups is 1. The molecular weight excluding hydrogens is 226 g/mol. The zero-order chi connectivity index (χ0) is 12.6. The molecule has 0 spiro atoms. The minimum Gasteiger partial charge on any atom is -0.481 e. The van der Waals surface area contributed by atoms with Gasteiger partial charge >= 0.3 is 5.97 Å². The molecule has 0 rings (SSSR count). The number of carboxylic acids is 1. The van der Waals surface area contributed by atoms with E-state index in [9.17, 15) is 9.59 Å². The molecule has 2 atom stereocenters. The van der Waals surface area contributed by atoms with Crippen LogP contribution >= 0.6 is 11.8 Å². The molecule has 0 radical (unpaired) electrons. The van der Waals surface area contributed by atoms with Gasteiger partial charge in [-0.1, -0.05) is 26.7 Å². The lowest BCUT2D eigenvalue weighted by Gasteiger charge is -2.17. The summed E-state index contributed by atoms with van der Waals surface area (Å²) in [6.45, 7) is 4.16. The number of hydrogen-bond donors (Lipinski definition) is 2. The van der Waals surface area contributed by atoms with Crippen molar-refractivity contribution in [2.24, 2.45) is 0 Å². The molecule has 16 heavy (non-hydrogen) atoms. The second kappa shape index (κ2) is 8.44. The Labute approximate surface area is 101 Å². The molecule has 94 valence electrons. The van der Waals surface area contributed by atoms with Crippen LogP contribution in [-0.2, 0) is 9.59 Å². The Kier molecular flexibility index (Phi) is 8.07. The average molecular weight is 247 g/mol. The van der Waals surface area contributed by atoms with Crippen LogP contribution in [0.2, 0.25) is 0 Å². The smallest absolute Gasteiger partial charge is 0.305 e. The summed E-state index contributed by atoms with van der Waals surface area (Å²) in [6.07, 6.45) is 3.14. The lowest BCUT2D eigenvalue weighted by molar-refractivity contribution is -0.138. The van der Waals surface area contributed by atoms with E-state index >= 15 is 0 Å². The van der Waals surface area contributed by atoms with E-state index in [0.717, 1.165) is 19.3 Å². The van der Waals surface area contributed by atoms with Crippen LogP contribution in [0.3, 0.4) is 0 Å². The summed E-state index contributed by atoms with van der Waals surface area (Å²) in [5.74, 6) is -1.13. The fourth-order valence-electron chi connectivity index (χ4n) is 1.36. The zero-order valence-electron chi connectivity index (χ0n) is 10.2. The van der Waals surface area contributed by atoms with Crippen molar-refractivity contribution in [3.8, 4) is 0 Å². The number of carbonyl (C=O) groups excluding carboxylic acids is 1. The van der Waals surface area contributed by atoms with Gasteiger partial charge in [0.1, 0.15) is 0 Å². The van der Waals surface area contributed by atoms with Gasteiger partial charge in [0.05, 0.1) is 11.7 Å². The molecule has 0 aromatic rings. The average Bonchev–Trinajstić information content (AvgIpc) is 2.23. The first-order valence-electron chi connectivity index (χ1n) is 5.60. The van der Waals surface area contributed by atoms with Crippen LogP contribution in [0, 0.1) is 0 Å². The standard InChI is InChI=1S/C11H21NO3S/c1-4-5-6-8(2)16-9(7-10(13)14)11(15)12-3/h8-9H,4-7H2,1-3H3,(H,12,15)(H,13,14). The highest BCUT2D eigenvalue weighted by Gasteiger charge is 2.23. The molecule has 0 aromatic carbocycles. The van der Waals surface area contributed by atoms with Crippen molar-refractivity contribution in [2.75, 3.05) is 7.05 Å². The lowest BCUT2D eigenvalue weighted by atomic mass is 10.2. The van der Waals surface area contributed by atoms with Gasteiger partial charge < -0.3 is 10.4 Å². The van der Waals surface area contributed by atoms with E-state index in [1.54, 1.807) is 0 Å². The third kappa shape index (κ3) is 6.71. The Hall–Kier alpha value is -0.710. The SMILES string of the molecule is CCCCC(C)SC(CC(=O)O)C(=O)NC. The van der Waals surface area contributed by atoms with Gasteiger partial charge in [-0.3, -0.25) is 9.59 Å². The van der Waals surface area contributed by atoms with Crippen molar-refractivity contribution in [3.63, 3.8) is 0 Å². The normalized spacial score (nSPS) is 14.2. The van der Waals surface area contributed by atoms with Crippen molar-refractivity contribution >= 4 is 23.6 Å². The Balaban J connectivity index is 4.19. The van der Waals surface area contributed by atoms with Gasteiger partial charge in [0.2, 0.25) is 5.91 Å². The molecule has 2 unspecified atom stereocenters. The zero-order valence-corrected chi connectivity index (χ0v) is 11.0. The highest BCUT2D eigenvalue weighted by atomic mass is 32.2. The second-order valence-electron chi connectivity index (χ2n) is 3.79. The van der Waals surface area contributed by atoms with Crippen LogP contribution in [0.15, 0.2) is 0 Å². The molecule has 0 aliphatic heterocycles. The maximum Gasteiger partial charge on any atom is 0.305 e. The van der Waals surface area contributed by atoms with E-state index in [-0.39, 0.29) is 12.3 Å². The predicted octanol–water partition coefficient (Wildman–Crippen LogP) is 1.89. The van der Waals surface area contributed by atoms with E-state index in [1.165, 1.54) is 18.8 Å². The largest absolute Gasteiger partial charge is 0.481 e.